The summed E-state index contributed by atoms with van der Waals surface area (Å²) in [7, 11) is 0. The lowest BCUT2D eigenvalue weighted by Gasteiger charge is -2.26. The summed E-state index contributed by atoms with van der Waals surface area (Å²) in [5, 5.41) is 9.09. The number of carbonyl (C=O) groups is 3. The molecule has 0 aliphatic rings. The number of hydrogen-bond acceptors (Lipinski definition) is 4. The third kappa shape index (κ3) is 5.77. The SMILES string of the molecule is CC(=O)N(C(C)=O)[C@@H](CCCC(C)(C)N)C(=O)O. The first-order valence-corrected chi connectivity index (χ1v) is 5.88. The van der Waals surface area contributed by atoms with Crippen LogP contribution in [0.4, 0.5) is 0 Å². The first-order valence-electron chi connectivity index (χ1n) is 5.88. The van der Waals surface area contributed by atoms with Gasteiger partial charge < -0.3 is 10.8 Å². The molecule has 0 radical (unpaired) electrons. The van der Waals surface area contributed by atoms with E-state index in [0.717, 1.165) is 4.90 Å². The number of nitrogens with two attached hydrogens (primary N) is 1. The number of carboxylic acids is 1. The Labute approximate surface area is 107 Å². The van der Waals surface area contributed by atoms with Gasteiger partial charge in [0.05, 0.1) is 0 Å². The Morgan fingerprint density at radius 3 is 1.94 bits per heavy atom. The lowest BCUT2D eigenvalue weighted by Crippen LogP contribution is -2.47. The lowest BCUT2D eigenvalue weighted by atomic mass is 9.96. The third-order valence-corrected chi connectivity index (χ3v) is 2.57. The summed E-state index contributed by atoms with van der Waals surface area (Å²) in [6.45, 7) is 6.06. The second-order valence-corrected chi connectivity index (χ2v) is 5.14. The van der Waals surface area contributed by atoms with E-state index in [1.165, 1.54) is 13.8 Å². The maximum atomic E-state index is 11.3. The zero-order valence-corrected chi connectivity index (χ0v) is 11.4. The van der Waals surface area contributed by atoms with Crippen molar-refractivity contribution in [2.75, 3.05) is 0 Å². The second kappa shape index (κ2) is 6.49. The van der Waals surface area contributed by atoms with E-state index >= 15 is 0 Å². The molecule has 0 rings (SSSR count). The van der Waals surface area contributed by atoms with Gasteiger partial charge in [-0.2, -0.15) is 0 Å². The molecule has 2 amide bonds. The van der Waals surface area contributed by atoms with Gasteiger partial charge in [-0.15, -0.1) is 0 Å². The Hall–Kier alpha value is -1.43. The van der Waals surface area contributed by atoms with Crippen LogP contribution in [0.1, 0.15) is 47.0 Å². The highest BCUT2D eigenvalue weighted by molar-refractivity contribution is 5.97. The van der Waals surface area contributed by atoms with E-state index in [4.69, 9.17) is 10.8 Å². The molecule has 0 fully saturated rings. The van der Waals surface area contributed by atoms with Crippen molar-refractivity contribution in [2.24, 2.45) is 5.73 Å². The molecule has 0 spiro atoms. The molecule has 3 N–H and O–H groups in total. The molecule has 1 atom stereocenters. The maximum absolute atomic E-state index is 11.3. The Kier molecular flexibility index (Phi) is 5.97. The average molecular weight is 258 g/mol. The number of imide groups is 1. The van der Waals surface area contributed by atoms with E-state index in [-0.39, 0.29) is 12.0 Å². The molecule has 6 nitrogen and oxygen atoms in total. The smallest absolute Gasteiger partial charge is 0.326 e. The van der Waals surface area contributed by atoms with Crippen molar-refractivity contribution in [1.82, 2.24) is 4.90 Å². The quantitative estimate of drug-likeness (QED) is 0.732. The zero-order valence-electron chi connectivity index (χ0n) is 11.4. The van der Waals surface area contributed by atoms with Crippen molar-refractivity contribution in [3.8, 4) is 0 Å². The topological polar surface area (TPSA) is 101 Å². The first-order chi connectivity index (χ1) is 8.06. The molecule has 0 aromatic rings. The average Bonchev–Trinajstić information content (AvgIpc) is 2.12. The normalized spacial score (nSPS) is 12.9. The van der Waals surface area contributed by atoms with Gasteiger partial charge in [-0.1, -0.05) is 0 Å². The minimum atomic E-state index is -1.17. The molecule has 6 heteroatoms. The fraction of sp³-hybridized carbons (Fsp3) is 0.750. The molecule has 0 aromatic carbocycles. The van der Waals surface area contributed by atoms with E-state index in [1.807, 2.05) is 13.8 Å². The van der Waals surface area contributed by atoms with Crippen LogP contribution >= 0.6 is 0 Å². The van der Waals surface area contributed by atoms with Gasteiger partial charge in [-0.3, -0.25) is 14.5 Å². The molecule has 104 valence electrons. The summed E-state index contributed by atoms with van der Waals surface area (Å²) >= 11 is 0. The van der Waals surface area contributed by atoms with Crippen molar-refractivity contribution >= 4 is 17.8 Å². The van der Waals surface area contributed by atoms with Crippen molar-refractivity contribution in [3.63, 3.8) is 0 Å². The van der Waals surface area contributed by atoms with E-state index in [2.05, 4.69) is 0 Å². The minimum Gasteiger partial charge on any atom is -0.480 e. The number of carboxylic acid groups (broad SMARTS) is 1. The third-order valence-electron chi connectivity index (χ3n) is 2.57. The summed E-state index contributed by atoms with van der Waals surface area (Å²) in [4.78, 5) is 34.5. The Balaban J connectivity index is 4.70. The molecule has 0 aromatic heterocycles. The predicted octanol–water partition coefficient (Wildman–Crippen LogP) is 0.742. The number of rotatable bonds is 6. The summed E-state index contributed by atoms with van der Waals surface area (Å²) in [6, 6.07) is -1.11. The lowest BCUT2D eigenvalue weighted by molar-refractivity contribution is -0.156. The van der Waals surface area contributed by atoms with Gasteiger partial charge in [0.25, 0.3) is 0 Å². The first kappa shape index (κ1) is 16.6. The van der Waals surface area contributed by atoms with Gasteiger partial charge in [-0.25, -0.2) is 4.79 Å². The van der Waals surface area contributed by atoms with E-state index in [1.54, 1.807) is 0 Å². The number of nitrogens with zero attached hydrogens (tertiary/aromatic N) is 1. The summed E-state index contributed by atoms with van der Waals surface area (Å²) in [5.41, 5.74) is 5.41. The minimum absolute atomic E-state index is 0.217. The molecule has 0 saturated heterocycles. The molecule has 0 heterocycles. The molecule has 0 unspecified atom stereocenters. The summed E-state index contributed by atoms with van der Waals surface area (Å²) < 4.78 is 0. The highest BCUT2D eigenvalue weighted by Crippen LogP contribution is 2.15. The van der Waals surface area contributed by atoms with Crippen LogP contribution in [-0.4, -0.2) is 39.4 Å². The molecule has 18 heavy (non-hydrogen) atoms. The van der Waals surface area contributed by atoms with Gasteiger partial charge in [-0.05, 0) is 33.1 Å². The molecule has 0 aliphatic carbocycles. The molecule has 0 saturated carbocycles. The van der Waals surface area contributed by atoms with E-state index < -0.39 is 23.8 Å². The summed E-state index contributed by atoms with van der Waals surface area (Å²) in [5.74, 6) is -2.28. The Morgan fingerprint density at radius 1 is 1.22 bits per heavy atom. The largest absolute Gasteiger partial charge is 0.480 e. The number of carbonyl (C=O) groups excluding carboxylic acids is 2. The fourth-order valence-corrected chi connectivity index (χ4v) is 1.77. The van der Waals surface area contributed by atoms with Crippen molar-refractivity contribution in [1.29, 1.82) is 0 Å². The van der Waals surface area contributed by atoms with Gasteiger partial charge in [0, 0.05) is 19.4 Å². The van der Waals surface area contributed by atoms with Gasteiger partial charge in [0.1, 0.15) is 6.04 Å². The highest BCUT2D eigenvalue weighted by Gasteiger charge is 2.30. The van der Waals surface area contributed by atoms with Crippen LogP contribution in [0.2, 0.25) is 0 Å². The predicted molar refractivity (Wildman–Crippen MR) is 66.7 cm³/mol. The monoisotopic (exact) mass is 258 g/mol. The Bertz CT molecular complexity index is 319. The molecule has 0 bridgehead atoms. The van der Waals surface area contributed by atoms with Crippen LogP contribution in [0.5, 0.6) is 0 Å². The van der Waals surface area contributed by atoms with Crippen LogP contribution in [0.15, 0.2) is 0 Å². The van der Waals surface area contributed by atoms with Crippen LogP contribution in [0.25, 0.3) is 0 Å². The second-order valence-electron chi connectivity index (χ2n) is 5.14. The van der Waals surface area contributed by atoms with Crippen LogP contribution in [0.3, 0.4) is 0 Å². The molecular weight excluding hydrogens is 236 g/mol. The summed E-state index contributed by atoms with van der Waals surface area (Å²) in [6.07, 6.45) is 1.38. The van der Waals surface area contributed by atoms with Crippen molar-refractivity contribution in [3.05, 3.63) is 0 Å². The van der Waals surface area contributed by atoms with Crippen molar-refractivity contribution in [2.45, 2.75) is 58.5 Å². The van der Waals surface area contributed by atoms with Crippen molar-refractivity contribution < 1.29 is 19.5 Å². The highest BCUT2D eigenvalue weighted by atomic mass is 16.4. The van der Waals surface area contributed by atoms with Gasteiger partial charge in [0.15, 0.2) is 0 Å². The Morgan fingerprint density at radius 2 is 1.67 bits per heavy atom. The van der Waals surface area contributed by atoms with Gasteiger partial charge in [0.2, 0.25) is 11.8 Å². The van der Waals surface area contributed by atoms with E-state index in [0.29, 0.717) is 12.8 Å². The van der Waals surface area contributed by atoms with Crippen LogP contribution < -0.4 is 5.73 Å². The van der Waals surface area contributed by atoms with E-state index in [9.17, 15) is 14.4 Å². The maximum Gasteiger partial charge on any atom is 0.326 e. The molecular formula is C12H22N2O4. The number of aliphatic carboxylic acids is 1. The van der Waals surface area contributed by atoms with Gasteiger partial charge >= 0.3 is 5.97 Å². The number of amides is 2. The molecule has 0 aliphatic heterocycles. The zero-order chi connectivity index (χ0) is 14.5. The fourth-order valence-electron chi connectivity index (χ4n) is 1.77. The standard InChI is InChI=1S/C12H22N2O4/c1-8(15)14(9(2)16)10(11(17)18)6-5-7-12(3,4)13/h10H,5-7,13H2,1-4H3,(H,17,18)/t10-/m0/s1. The number of hydrogen-bond donors (Lipinski definition) is 2. The van der Waals surface area contributed by atoms with Crippen LogP contribution in [-0.2, 0) is 14.4 Å². The van der Waals surface area contributed by atoms with Crippen LogP contribution in [0, 0.1) is 0 Å².